The number of ether oxygens (including phenoxy) is 1. The van der Waals surface area contributed by atoms with E-state index in [1.54, 1.807) is 4.90 Å². The molecule has 1 aliphatic heterocycles. The Hall–Kier alpha value is -2.49. The van der Waals surface area contributed by atoms with Crippen LogP contribution in [-0.4, -0.2) is 45.6 Å². The molecule has 1 N–H and O–H groups in total. The van der Waals surface area contributed by atoms with Crippen LogP contribution >= 0.6 is 15.9 Å². The lowest BCUT2D eigenvalue weighted by molar-refractivity contribution is -0.384. The van der Waals surface area contributed by atoms with Crippen LogP contribution in [0.5, 0.6) is 0 Å². The maximum absolute atomic E-state index is 13.8. The number of fused-ring (bicyclic) bond motifs is 1. The molecule has 0 saturated carbocycles. The van der Waals surface area contributed by atoms with Gasteiger partial charge in [0.15, 0.2) is 0 Å². The van der Waals surface area contributed by atoms with Crippen LogP contribution in [0.15, 0.2) is 22.8 Å². The van der Waals surface area contributed by atoms with Crippen molar-refractivity contribution >= 4 is 44.3 Å². The van der Waals surface area contributed by atoms with E-state index in [4.69, 9.17) is 4.74 Å². The maximum atomic E-state index is 13.8. The number of likely N-dealkylation sites (tertiary alicyclic amines) is 1. The highest BCUT2D eigenvalue weighted by Gasteiger charge is 2.29. The van der Waals surface area contributed by atoms with Gasteiger partial charge < -0.3 is 15.0 Å². The quantitative estimate of drug-likeness (QED) is 0.510. The monoisotopic (exact) mass is 468 g/mol. The van der Waals surface area contributed by atoms with E-state index in [1.807, 2.05) is 20.8 Å². The van der Waals surface area contributed by atoms with Crippen molar-refractivity contribution in [2.45, 2.75) is 45.3 Å². The van der Waals surface area contributed by atoms with Crippen LogP contribution in [0.2, 0.25) is 0 Å². The first kappa shape index (κ1) is 21.2. The van der Waals surface area contributed by atoms with Crippen molar-refractivity contribution in [3.8, 4) is 0 Å². The van der Waals surface area contributed by atoms with Crippen molar-refractivity contribution in [3.05, 3.63) is 38.7 Å². The minimum Gasteiger partial charge on any atom is -0.444 e. The van der Waals surface area contributed by atoms with Crippen molar-refractivity contribution in [1.29, 1.82) is 0 Å². The molecular formula is C19H22BrFN4O4. The molecule has 0 spiro atoms. The Morgan fingerprint density at radius 2 is 2.03 bits per heavy atom. The van der Waals surface area contributed by atoms with E-state index in [0.29, 0.717) is 42.5 Å². The molecule has 156 valence electrons. The van der Waals surface area contributed by atoms with E-state index in [1.165, 1.54) is 12.1 Å². The number of carbonyl (C=O) groups excluding carboxylic acids is 1. The highest BCUT2D eigenvalue weighted by molar-refractivity contribution is 9.10. The van der Waals surface area contributed by atoms with Gasteiger partial charge >= 0.3 is 11.8 Å². The minimum absolute atomic E-state index is 0.0817. The molecule has 0 atom stereocenters. The smallest absolute Gasteiger partial charge is 0.410 e. The molecule has 1 fully saturated rings. The first-order valence-electron chi connectivity index (χ1n) is 9.22. The van der Waals surface area contributed by atoms with E-state index < -0.39 is 16.3 Å². The lowest BCUT2D eigenvalue weighted by atomic mass is 10.0. The predicted molar refractivity (Wildman–Crippen MR) is 111 cm³/mol. The molecule has 1 aromatic carbocycles. The van der Waals surface area contributed by atoms with Crippen molar-refractivity contribution in [2.75, 3.05) is 18.4 Å². The number of nitro groups is 1. The fourth-order valence-electron chi connectivity index (χ4n) is 3.20. The van der Waals surface area contributed by atoms with Crippen LogP contribution in [0.1, 0.15) is 33.6 Å². The zero-order valence-corrected chi connectivity index (χ0v) is 18.0. The summed E-state index contributed by atoms with van der Waals surface area (Å²) in [7, 11) is 0. The summed E-state index contributed by atoms with van der Waals surface area (Å²) in [5.74, 6) is -0.490. The molecule has 0 aliphatic carbocycles. The summed E-state index contributed by atoms with van der Waals surface area (Å²) in [6.07, 6.45) is 1.97. The Morgan fingerprint density at radius 3 is 2.62 bits per heavy atom. The molecule has 1 aliphatic rings. The average molecular weight is 469 g/mol. The molecule has 3 rings (SSSR count). The Bertz CT molecular complexity index is 955. The van der Waals surface area contributed by atoms with E-state index >= 15 is 0 Å². The molecule has 1 saturated heterocycles. The zero-order chi connectivity index (χ0) is 21.3. The fraction of sp³-hybridized carbons (Fsp3) is 0.474. The van der Waals surface area contributed by atoms with Gasteiger partial charge in [0.25, 0.3) is 0 Å². The lowest BCUT2D eigenvalue weighted by Crippen LogP contribution is -2.44. The Morgan fingerprint density at radius 1 is 1.38 bits per heavy atom. The second-order valence-electron chi connectivity index (χ2n) is 7.95. The molecule has 0 unspecified atom stereocenters. The van der Waals surface area contributed by atoms with Crippen molar-refractivity contribution in [2.24, 2.45) is 0 Å². The third-order valence-corrected chi connectivity index (χ3v) is 5.19. The number of rotatable bonds is 3. The Labute approximate surface area is 175 Å². The van der Waals surface area contributed by atoms with E-state index in [9.17, 15) is 19.3 Å². The standard InChI is InChI=1S/C19H22BrFN4O4/c1-19(2,3)29-18(26)24-6-4-11(5-7-24)23-17-12-8-13(20)14(21)9-15(12)22-10-16(17)25(27)28/h8-11H,4-7H2,1-3H3,(H,22,23). The molecular weight excluding hydrogens is 447 g/mol. The van der Waals surface area contributed by atoms with Crippen LogP contribution in [0.3, 0.4) is 0 Å². The zero-order valence-electron chi connectivity index (χ0n) is 16.4. The highest BCUT2D eigenvalue weighted by atomic mass is 79.9. The predicted octanol–water partition coefficient (Wildman–Crippen LogP) is 4.86. The number of halogens is 2. The van der Waals surface area contributed by atoms with Gasteiger partial charge in [0.2, 0.25) is 0 Å². The van der Waals surface area contributed by atoms with Gasteiger partial charge in [-0.25, -0.2) is 14.2 Å². The number of carbonyl (C=O) groups is 1. The Balaban J connectivity index is 1.80. The van der Waals surface area contributed by atoms with Gasteiger partial charge in [-0.05, 0) is 55.6 Å². The largest absolute Gasteiger partial charge is 0.444 e. The third-order valence-electron chi connectivity index (χ3n) is 4.58. The minimum atomic E-state index is -0.564. The number of hydrogen-bond acceptors (Lipinski definition) is 6. The maximum Gasteiger partial charge on any atom is 0.410 e. The topological polar surface area (TPSA) is 97.6 Å². The van der Waals surface area contributed by atoms with Gasteiger partial charge in [0, 0.05) is 30.6 Å². The van der Waals surface area contributed by atoms with Crippen LogP contribution in [-0.2, 0) is 4.74 Å². The van der Waals surface area contributed by atoms with Gasteiger partial charge in [-0.15, -0.1) is 0 Å². The summed E-state index contributed by atoms with van der Waals surface area (Å²) in [5, 5.41) is 15.2. The molecule has 2 heterocycles. The average Bonchev–Trinajstić information content (AvgIpc) is 2.62. The normalized spacial score (nSPS) is 15.4. The van der Waals surface area contributed by atoms with Crippen LogP contribution in [0.25, 0.3) is 10.9 Å². The summed E-state index contributed by atoms with van der Waals surface area (Å²) in [6.45, 7) is 6.39. The molecule has 1 aromatic heterocycles. The van der Waals surface area contributed by atoms with Crippen molar-refractivity contribution < 1.29 is 18.8 Å². The number of aromatic nitrogens is 1. The van der Waals surface area contributed by atoms with Crippen LogP contribution < -0.4 is 5.32 Å². The first-order chi connectivity index (χ1) is 13.5. The Kier molecular flexibility index (Phi) is 5.92. The van der Waals surface area contributed by atoms with Crippen molar-refractivity contribution in [1.82, 2.24) is 9.88 Å². The second-order valence-corrected chi connectivity index (χ2v) is 8.80. The highest BCUT2D eigenvalue weighted by Crippen LogP contribution is 2.35. The van der Waals surface area contributed by atoms with Gasteiger partial charge in [-0.2, -0.15) is 0 Å². The lowest BCUT2D eigenvalue weighted by Gasteiger charge is -2.34. The summed E-state index contributed by atoms with van der Waals surface area (Å²) >= 11 is 3.13. The SMILES string of the molecule is CC(C)(C)OC(=O)N1CCC(Nc2c([N+](=O)[O-])cnc3cc(F)c(Br)cc23)CC1. The summed E-state index contributed by atoms with van der Waals surface area (Å²) in [6, 6.07) is 2.64. The van der Waals surface area contributed by atoms with Crippen LogP contribution in [0, 0.1) is 15.9 Å². The van der Waals surface area contributed by atoms with Gasteiger partial charge in [-0.1, -0.05) is 0 Å². The van der Waals surface area contributed by atoms with Crippen molar-refractivity contribution in [3.63, 3.8) is 0 Å². The third kappa shape index (κ3) is 4.92. The second kappa shape index (κ2) is 8.10. The molecule has 29 heavy (non-hydrogen) atoms. The molecule has 0 bridgehead atoms. The summed E-state index contributed by atoms with van der Waals surface area (Å²) in [5.41, 5.74) is -0.113. The fourth-order valence-corrected chi connectivity index (χ4v) is 3.55. The number of nitrogens with zero attached hydrogens (tertiary/aromatic N) is 3. The van der Waals surface area contributed by atoms with E-state index in [-0.39, 0.29) is 22.3 Å². The number of pyridine rings is 1. The molecule has 8 nitrogen and oxygen atoms in total. The van der Waals surface area contributed by atoms with Crippen LogP contribution in [0.4, 0.5) is 20.6 Å². The van der Waals surface area contributed by atoms with E-state index in [0.717, 1.165) is 6.20 Å². The summed E-state index contributed by atoms with van der Waals surface area (Å²) < 4.78 is 19.4. The van der Waals surface area contributed by atoms with Gasteiger partial charge in [0.1, 0.15) is 23.3 Å². The number of benzene rings is 1. The number of hydrogen-bond donors (Lipinski definition) is 1. The number of anilines is 1. The van der Waals surface area contributed by atoms with Gasteiger partial charge in [0.05, 0.1) is 14.9 Å². The number of piperidine rings is 1. The van der Waals surface area contributed by atoms with Gasteiger partial charge in [-0.3, -0.25) is 10.1 Å². The molecule has 0 radical (unpaired) electrons. The number of amides is 1. The van der Waals surface area contributed by atoms with E-state index in [2.05, 4.69) is 26.2 Å². The summed E-state index contributed by atoms with van der Waals surface area (Å²) in [4.78, 5) is 28.9. The molecule has 1 amide bonds. The molecule has 10 heteroatoms. The first-order valence-corrected chi connectivity index (χ1v) is 10.0. The number of nitrogens with one attached hydrogen (secondary N) is 1. The molecule has 2 aromatic rings.